The van der Waals surface area contributed by atoms with Crippen LogP contribution in [-0.4, -0.2) is 41.7 Å². The number of imidazole rings is 1. The second-order valence-electron chi connectivity index (χ2n) is 8.14. The van der Waals surface area contributed by atoms with Crippen molar-refractivity contribution in [2.45, 2.75) is 38.8 Å². The number of benzene rings is 2. The standard InChI is InChI=1S/C24H30ClN3O2/c1-27-15-12-18(13-16-27)5-4-14-28-21-6-3-7-22(29-2)24(21)26-23(28)17-30-20-10-8-19(25)9-11-20/h3,6-11,18H,4-5,12-17H2,1-2H3. The maximum absolute atomic E-state index is 6.01. The van der Waals surface area contributed by atoms with E-state index in [0.29, 0.717) is 11.6 Å². The topological polar surface area (TPSA) is 39.5 Å². The molecule has 0 amide bonds. The minimum Gasteiger partial charge on any atom is -0.494 e. The number of hydrogen-bond donors (Lipinski definition) is 0. The summed E-state index contributed by atoms with van der Waals surface area (Å²) in [5, 5.41) is 0.702. The number of likely N-dealkylation sites (tertiary alicyclic amines) is 1. The second-order valence-corrected chi connectivity index (χ2v) is 8.58. The van der Waals surface area contributed by atoms with Crippen LogP contribution in [-0.2, 0) is 13.2 Å². The first-order valence-electron chi connectivity index (χ1n) is 10.7. The summed E-state index contributed by atoms with van der Waals surface area (Å²) in [6.07, 6.45) is 5.02. The lowest BCUT2D eigenvalue weighted by molar-refractivity contribution is 0.208. The van der Waals surface area contributed by atoms with Gasteiger partial charge in [-0.1, -0.05) is 17.7 Å². The summed E-state index contributed by atoms with van der Waals surface area (Å²) < 4.78 is 13.9. The number of halogens is 1. The predicted molar refractivity (Wildman–Crippen MR) is 122 cm³/mol. The van der Waals surface area contributed by atoms with Crippen molar-refractivity contribution in [2.24, 2.45) is 5.92 Å². The quantitative estimate of drug-likeness (QED) is 0.482. The maximum Gasteiger partial charge on any atom is 0.148 e. The van der Waals surface area contributed by atoms with Gasteiger partial charge in [-0.05, 0) is 88.1 Å². The van der Waals surface area contributed by atoms with E-state index in [4.69, 9.17) is 26.1 Å². The molecule has 1 saturated heterocycles. The Hall–Kier alpha value is -2.24. The smallest absolute Gasteiger partial charge is 0.148 e. The van der Waals surface area contributed by atoms with Crippen LogP contribution in [0.3, 0.4) is 0 Å². The Bertz CT molecular complexity index is 962. The molecule has 3 aromatic rings. The van der Waals surface area contributed by atoms with Crippen molar-refractivity contribution in [3.8, 4) is 11.5 Å². The molecule has 1 fully saturated rings. The zero-order chi connectivity index (χ0) is 20.9. The lowest BCUT2D eigenvalue weighted by Crippen LogP contribution is -2.30. The molecule has 160 valence electrons. The summed E-state index contributed by atoms with van der Waals surface area (Å²) in [7, 11) is 3.91. The first kappa shape index (κ1) is 21.0. The fraction of sp³-hybridized carbons (Fsp3) is 0.458. The third-order valence-electron chi connectivity index (χ3n) is 6.05. The van der Waals surface area contributed by atoms with Crippen molar-refractivity contribution in [3.05, 3.63) is 53.3 Å². The molecule has 0 unspecified atom stereocenters. The summed E-state index contributed by atoms with van der Waals surface area (Å²) in [5.74, 6) is 3.35. The van der Waals surface area contributed by atoms with Gasteiger partial charge in [-0.2, -0.15) is 0 Å². The van der Waals surface area contributed by atoms with Crippen molar-refractivity contribution in [3.63, 3.8) is 0 Å². The van der Waals surface area contributed by atoms with Gasteiger partial charge in [0.2, 0.25) is 0 Å². The number of para-hydroxylation sites is 1. The number of rotatable bonds is 8. The van der Waals surface area contributed by atoms with Crippen LogP contribution in [0.25, 0.3) is 11.0 Å². The highest BCUT2D eigenvalue weighted by atomic mass is 35.5. The molecule has 1 aromatic heterocycles. The average molecular weight is 428 g/mol. The Kier molecular flexibility index (Phi) is 6.80. The van der Waals surface area contributed by atoms with Crippen molar-refractivity contribution in [2.75, 3.05) is 27.2 Å². The largest absolute Gasteiger partial charge is 0.494 e. The van der Waals surface area contributed by atoms with Gasteiger partial charge in [-0.15, -0.1) is 0 Å². The molecule has 30 heavy (non-hydrogen) atoms. The molecule has 0 atom stereocenters. The predicted octanol–water partition coefficient (Wildman–Crippen LogP) is 5.40. The van der Waals surface area contributed by atoms with Gasteiger partial charge in [0, 0.05) is 11.6 Å². The number of ether oxygens (including phenoxy) is 2. The monoisotopic (exact) mass is 427 g/mol. The second kappa shape index (κ2) is 9.71. The van der Waals surface area contributed by atoms with Gasteiger partial charge in [0.1, 0.15) is 29.4 Å². The summed E-state index contributed by atoms with van der Waals surface area (Å²) in [4.78, 5) is 7.30. The number of aryl methyl sites for hydroxylation is 1. The van der Waals surface area contributed by atoms with Crippen LogP contribution in [0.5, 0.6) is 11.5 Å². The summed E-state index contributed by atoms with van der Waals surface area (Å²) in [6, 6.07) is 13.6. The highest BCUT2D eigenvalue weighted by Crippen LogP contribution is 2.28. The van der Waals surface area contributed by atoms with Crippen LogP contribution in [0.1, 0.15) is 31.5 Å². The molecule has 4 rings (SSSR count). The third-order valence-corrected chi connectivity index (χ3v) is 6.31. The average Bonchev–Trinajstić information content (AvgIpc) is 3.12. The van der Waals surface area contributed by atoms with Crippen LogP contribution in [0.2, 0.25) is 5.02 Å². The highest BCUT2D eigenvalue weighted by molar-refractivity contribution is 6.30. The first-order valence-corrected chi connectivity index (χ1v) is 11.1. The van der Waals surface area contributed by atoms with E-state index in [1.165, 1.54) is 32.4 Å². The van der Waals surface area contributed by atoms with Gasteiger partial charge < -0.3 is 18.9 Å². The lowest BCUT2D eigenvalue weighted by Gasteiger charge is -2.28. The maximum atomic E-state index is 6.01. The third kappa shape index (κ3) is 4.90. The molecule has 0 spiro atoms. The number of hydrogen-bond acceptors (Lipinski definition) is 4. The van der Waals surface area contributed by atoms with E-state index in [1.54, 1.807) is 7.11 Å². The number of methoxy groups -OCH3 is 1. The zero-order valence-corrected chi connectivity index (χ0v) is 18.6. The molecular weight excluding hydrogens is 398 g/mol. The molecule has 0 aliphatic carbocycles. The summed E-state index contributed by atoms with van der Waals surface area (Å²) >= 11 is 5.98. The Balaban J connectivity index is 1.50. The molecule has 0 radical (unpaired) electrons. The van der Waals surface area contributed by atoms with E-state index in [0.717, 1.165) is 47.2 Å². The molecule has 5 nitrogen and oxygen atoms in total. The van der Waals surface area contributed by atoms with Crippen LogP contribution in [0.4, 0.5) is 0 Å². The Morgan fingerprint density at radius 3 is 2.60 bits per heavy atom. The van der Waals surface area contributed by atoms with Gasteiger partial charge in [-0.25, -0.2) is 4.98 Å². The molecule has 2 heterocycles. The number of aromatic nitrogens is 2. The molecule has 0 bridgehead atoms. The highest BCUT2D eigenvalue weighted by Gasteiger charge is 2.18. The van der Waals surface area contributed by atoms with E-state index in [2.05, 4.69) is 22.6 Å². The van der Waals surface area contributed by atoms with Gasteiger partial charge in [0.05, 0.1) is 12.6 Å². The minimum absolute atomic E-state index is 0.410. The van der Waals surface area contributed by atoms with Crippen LogP contribution < -0.4 is 9.47 Å². The number of fused-ring (bicyclic) bond motifs is 1. The fourth-order valence-corrected chi connectivity index (χ4v) is 4.39. The Morgan fingerprint density at radius 1 is 1.10 bits per heavy atom. The lowest BCUT2D eigenvalue weighted by atomic mass is 9.92. The number of piperidine rings is 1. The van der Waals surface area contributed by atoms with Gasteiger partial charge in [0.15, 0.2) is 0 Å². The molecule has 2 aromatic carbocycles. The van der Waals surface area contributed by atoms with E-state index in [9.17, 15) is 0 Å². The van der Waals surface area contributed by atoms with E-state index < -0.39 is 0 Å². The van der Waals surface area contributed by atoms with E-state index in [1.807, 2.05) is 36.4 Å². The zero-order valence-electron chi connectivity index (χ0n) is 17.8. The normalized spacial score (nSPS) is 15.6. The molecule has 1 aliphatic heterocycles. The SMILES string of the molecule is COc1cccc2c1nc(COc1ccc(Cl)cc1)n2CCCC1CCN(C)CC1. The Labute approximate surface area is 183 Å². The summed E-state index contributed by atoms with van der Waals surface area (Å²) in [6.45, 7) is 3.79. The van der Waals surface area contributed by atoms with Gasteiger partial charge in [0.25, 0.3) is 0 Å². The van der Waals surface area contributed by atoms with Crippen molar-refractivity contribution >= 4 is 22.6 Å². The molecule has 1 aliphatic rings. The Morgan fingerprint density at radius 2 is 1.87 bits per heavy atom. The van der Waals surface area contributed by atoms with Gasteiger partial charge >= 0.3 is 0 Å². The van der Waals surface area contributed by atoms with Crippen molar-refractivity contribution in [1.29, 1.82) is 0 Å². The van der Waals surface area contributed by atoms with Gasteiger partial charge in [-0.3, -0.25) is 0 Å². The van der Waals surface area contributed by atoms with Crippen LogP contribution in [0.15, 0.2) is 42.5 Å². The van der Waals surface area contributed by atoms with Crippen LogP contribution in [0, 0.1) is 5.92 Å². The number of nitrogens with zero attached hydrogens (tertiary/aromatic N) is 3. The van der Waals surface area contributed by atoms with Crippen molar-refractivity contribution < 1.29 is 9.47 Å². The summed E-state index contributed by atoms with van der Waals surface area (Å²) in [5.41, 5.74) is 2.00. The van der Waals surface area contributed by atoms with E-state index >= 15 is 0 Å². The fourth-order valence-electron chi connectivity index (χ4n) is 4.26. The minimum atomic E-state index is 0.410. The first-order chi connectivity index (χ1) is 14.6. The molecule has 0 N–H and O–H groups in total. The van der Waals surface area contributed by atoms with Crippen molar-refractivity contribution in [1.82, 2.24) is 14.5 Å². The molecular formula is C24H30ClN3O2. The van der Waals surface area contributed by atoms with E-state index in [-0.39, 0.29) is 0 Å². The molecule has 0 saturated carbocycles. The van der Waals surface area contributed by atoms with Crippen LogP contribution >= 0.6 is 11.6 Å². The molecule has 6 heteroatoms.